The van der Waals surface area contributed by atoms with Crippen molar-refractivity contribution in [1.82, 2.24) is 4.90 Å². The second-order valence-corrected chi connectivity index (χ2v) is 5.79. The van der Waals surface area contributed by atoms with E-state index in [1.54, 1.807) is 0 Å². The highest BCUT2D eigenvalue weighted by molar-refractivity contribution is 4.86. The van der Waals surface area contributed by atoms with Gasteiger partial charge in [-0.2, -0.15) is 13.2 Å². The Morgan fingerprint density at radius 2 is 1.52 bits per heavy atom. The van der Waals surface area contributed by atoms with Crippen molar-refractivity contribution in [2.24, 2.45) is 5.41 Å². The van der Waals surface area contributed by atoms with Gasteiger partial charge in [0.15, 0.2) is 0 Å². The van der Waals surface area contributed by atoms with E-state index in [2.05, 4.69) is 18.7 Å². The molecule has 1 aliphatic heterocycles. The Morgan fingerprint density at radius 1 is 1.10 bits per heavy atom. The van der Waals surface area contributed by atoms with Crippen LogP contribution in [0.25, 0.3) is 0 Å². The minimum absolute atomic E-state index is 0.642. The molecule has 0 N–H and O–H groups in total. The number of rotatable bonds is 2. The van der Waals surface area contributed by atoms with Crippen molar-refractivity contribution in [3.63, 3.8) is 0 Å². The third-order valence-corrected chi connectivity index (χ3v) is 4.58. The van der Waals surface area contributed by atoms with Crippen LogP contribution in [0, 0.1) is 5.41 Å². The highest BCUT2D eigenvalue weighted by Gasteiger charge is 2.32. The van der Waals surface area contributed by atoms with Crippen molar-refractivity contribution in [2.45, 2.75) is 72.5 Å². The maximum absolute atomic E-state index is 9.67. The minimum atomic E-state index is -3.67. The molecule has 0 aromatic rings. The van der Waals surface area contributed by atoms with Gasteiger partial charge in [-0.15, -0.1) is 0 Å². The van der Waals surface area contributed by atoms with Gasteiger partial charge in [0.1, 0.15) is 0 Å². The molecule has 1 aliphatic carbocycles. The molecule has 0 amide bonds. The summed E-state index contributed by atoms with van der Waals surface area (Å²) in [5, 5.41) is 0. The molecule has 0 atom stereocenters. The van der Waals surface area contributed by atoms with Gasteiger partial charge in [-0.05, 0) is 31.1 Å². The lowest BCUT2D eigenvalue weighted by molar-refractivity contribution is -0.00248. The molecule has 0 spiro atoms. The fraction of sp³-hybridized carbons (Fsp3) is 1.00. The van der Waals surface area contributed by atoms with Gasteiger partial charge < -0.3 is 4.74 Å². The normalized spacial score (nSPS) is 30.0. The van der Waals surface area contributed by atoms with E-state index in [9.17, 15) is 13.2 Å². The molecule has 0 aromatic heterocycles. The Balaban J connectivity index is 0.000000579. The Morgan fingerprint density at radius 3 is 1.90 bits per heavy atom. The summed E-state index contributed by atoms with van der Waals surface area (Å²) >= 11 is 0. The van der Waals surface area contributed by atoms with Crippen molar-refractivity contribution in [3.05, 3.63) is 0 Å². The number of alkyl halides is 3. The average molecular weight is 311 g/mol. The van der Waals surface area contributed by atoms with Gasteiger partial charge in [0.05, 0.1) is 13.2 Å². The number of morpholine rings is 1. The fourth-order valence-electron chi connectivity index (χ4n) is 2.96. The number of hydrogen-bond donors (Lipinski definition) is 0. The molecule has 2 aliphatic rings. The van der Waals surface area contributed by atoms with E-state index in [0.29, 0.717) is 5.41 Å². The van der Waals surface area contributed by atoms with Crippen LogP contribution in [-0.4, -0.2) is 43.9 Å². The van der Waals surface area contributed by atoms with Gasteiger partial charge in [0.25, 0.3) is 0 Å². The van der Waals surface area contributed by atoms with Gasteiger partial charge in [-0.25, -0.2) is 0 Å². The first-order valence-electron chi connectivity index (χ1n) is 8.21. The first kappa shape index (κ1) is 20.7. The summed E-state index contributed by atoms with van der Waals surface area (Å²) in [6.45, 7) is 9.35. The van der Waals surface area contributed by atoms with E-state index in [0.717, 1.165) is 32.3 Å². The molecule has 1 heterocycles. The highest BCUT2D eigenvalue weighted by atomic mass is 19.4. The number of nitrogens with zero attached hydrogens (tertiary/aromatic N) is 1. The van der Waals surface area contributed by atoms with E-state index in [1.807, 2.05) is 13.8 Å². The second-order valence-electron chi connectivity index (χ2n) is 5.79. The summed E-state index contributed by atoms with van der Waals surface area (Å²) < 4.78 is 34.4. The summed E-state index contributed by atoms with van der Waals surface area (Å²) in [6, 6.07) is 0.855. The van der Waals surface area contributed by atoms with Crippen molar-refractivity contribution in [3.8, 4) is 0 Å². The van der Waals surface area contributed by atoms with Crippen LogP contribution in [-0.2, 0) is 4.74 Å². The van der Waals surface area contributed by atoms with Crippen molar-refractivity contribution < 1.29 is 17.9 Å². The van der Waals surface area contributed by atoms with E-state index in [1.165, 1.54) is 32.1 Å². The monoisotopic (exact) mass is 311 g/mol. The van der Waals surface area contributed by atoms with E-state index in [-0.39, 0.29) is 0 Å². The Bertz CT molecular complexity index is 235. The zero-order chi connectivity index (χ0) is 16.3. The van der Waals surface area contributed by atoms with Crippen LogP contribution in [0.1, 0.15) is 59.8 Å². The maximum Gasteiger partial charge on any atom is 0.379 e. The molecule has 0 radical (unpaired) electrons. The zero-order valence-electron chi connectivity index (χ0n) is 14.0. The van der Waals surface area contributed by atoms with Crippen LogP contribution >= 0.6 is 0 Å². The summed E-state index contributed by atoms with van der Waals surface area (Å²) in [5.41, 5.74) is 0.642. The maximum atomic E-state index is 9.67. The molecule has 128 valence electrons. The number of hydrogen-bond acceptors (Lipinski definition) is 2. The first-order valence-corrected chi connectivity index (χ1v) is 8.21. The van der Waals surface area contributed by atoms with Crippen LogP contribution in [0.3, 0.4) is 0 Å². The summed E-state index contributed by atoms with van der Waals surface area (Å²) in [7, 11) is 0. The van der Waals surface area contributed by atoms with Gasteiger partial charge in [0.2, 0.25) is 0 Å². The molecule has 0 aromatic carbocycles. The lowest BCUT2D eigenvalue weighted by Crippen LogP contribution is -2.46. The SMILES string of the molecule is CC.CCC1(C)CCC(N2CCOCC2)CC1.FC(F)F. The average Bonchev–Trinajstić information content (AvgIpc) is 2.50. The number of halogens is 3. The molecule has 1 saturated heterocycles. The molecule has 2 fully saturated rings. The van der Waals surface area contributed by atoms with Gasteiger partial charge in [-0.1, -0.05) is 34.1 Å². The molecule has 0 bridgehead atoms. The Kier molecular flexibility index (Phi) is 11.1. The molecular weight excluding hydrogens is 279 g/mol. The smallest absolute Gasteiger partial charge is 0.379 e. The summed E-state index contributed by atoms with van der Waals surface area (Å²) in [5.74, 6) is 0. The molecule has 21 heavy (non-hydrogen) atoms. The molecule has 1 saturated carbocycles. The zero-order valence-corrected chi connectivity index (χ0v) is 14.0. The molecule has 5 heteroatoms. The van der Waals surface area contributed by atoms with Crippen LogP contribution in [0.15, 0.2) is 0 Å². The lowest BCUT2D eigenvalue weighted by atomic mass is 9.72. The van der Waals surface area contributed by atoms with E-state index in [4.69, 9.17) is 4.74 Å². The van der Waals surface area contributed by atoms with E-state index >= 15 is 0 Å². The quantitative estimate of drug-likeness (QED) is 0.720. The fourth-order valence-corrected chi connectivity index (χ4v) is 2.96. The Labute approximate surface area is 128 Å². The third kappa shape index (κ3) is 8.67. The Hall–Kier alpha value is -0.290. The summed E-state index contributed by atoms with van der Waals surface area (Å²) in [4.78, 5) is 2.65. The molecule has 0 unspecified atom stereocenters. The van der Waals surface area contributed by atoms with Crippen molar-refractivity contribution in [1.29, 1.82) is 0 Å². The first-order chi connectivity index (χ1) is 9.97. The topological polar surface area (TPSA) is 12.5 Å². The predicted octanol–water partition coefficient (Wildman–Crippen LogP) is 4.88. The van der Waals surface area contributed by atoms with E-state index < -0.39 is 6.68 Å². The van der Waals surface area contributed by atoms with Crippen LogP contribution in [0.5, 0.6) is 0 Å². The van der Waals surface area contributed by atoms with Crippen molar-refractivity contribution >= 4 is 0 Å². The highest BCUT2D eigenvalue weighted by Crippen LogP contribution is 2.40. The lowest BCUT2D eigenvalue weighted by Gasteiger charge is -2.42. The molecule has 2 nitrogen and oxygen atoms in total. The summed E-state index contributed by atoms with van der Waals surface area (Å²) in [6.07, 6.45) is 7.01. The largest absolute Gasteiger partial charge is 0.379 e. The van der Waals surface area contributed by atoms with Crippen LogP contribution in [0.4, 0.5) is 13.2 Å². The van der Waals surface area contributed by atoms with Gasteiger partial charge in [-0.3, -0.25) is 4.90 Å². The minimum Gasteiger partial charge on any atom is -0.379 e. The standard InChI is InChI=1S/C13H25NO.C2H6.CHF3/c1-3-13(2)6-4-12(5-7-13)14-8-10-15-11-9-14;1-2;2-1(3)4/h12H,3-11H2,1-2H3;1-2H3;1H. The van der Waals surface area contributed by atoms with Crippen LogP contribution < -0.4 is 0 Å². The third-order valence-electron chi connectivity index (χ3n) is 4.58. The number of ether oxygens (including phenoxy) is 1. The van der Waals surface area contributed by atoms with Crippen molar-refractivity contribution in [2.75, 3.05) is 26.3 Å². The predicted molar refractivity (Wildman–Crippen MR) is 81.5 cm³/mol. The van der Waals surface area contributed by atoms with Crippen LogP contribution in [0.2, 0.25) is 0 Å². The molecular formula is C16H32F3NO. The van der Waals surface area contributed by atoms with Gasteiger partial charge >= 0.3 is 6.68 Å². The van der Waals surface area contributed by atoms with Gasteiger partial charge in [0, 0.05) is 19.1 Å². The second kappa shape index (κ2) is 11.3. The molecule has 2 rings (SSSR count).